The van der Waals surface area contributed by atoms with E-state index >= 15 is 0 Å². The van der Waals surface area contributed by atoms with Gasteiger partial charge in [-0.15, -0.1) is 10.2 Å². The Morgan fingerprint density at radius 2 is 1.95 bits per heavy atom. The van der Waals surface area contributed by atoms with Gasteiger partial charge in [-0.05, 0) is 18.9 Å². The lowest BCUT2D eigenvalue weighted by atomic mass is 10.0. The van der Waals surface area contributed by atoms with E-state index < -0.39 is 0 Å². The summed E-state index contributed by atoms with van der Waals surface area (Å²) in [5, 5.41) is 11.7. The number of nitrogens with one attached hydrogen (secondary N) is 1. The van der Waals surface area contributed by atoms with Crippen LogP contribution in [0.4, 0.5) is 0 Å². The van der Waals surface area contributed by atoms with Crippen molar-refractivity contribution in [2.75, 3.05) is 6.54 Å². The smallest absolute Gasteiger partial charge is 0.132 e. The number of benzene rings is 1. The fourth-order valence-electron chi connectivity index (χ4n) is 2.40. The number of hydrogen-bond acceptors (Lipinski definition) is 3. The molecule has 2 rings (SSSR count). The van der Waals surface area contributed by atoms with Crippen LogP contribution in [0.2, 0.25) is 0 Å². The van der Waals surface area contributed by atoms with Gasteiger partial charge in [-0.1, -0.05) is 43.7 Å². The molecular weight excluding hydrogens is 248 g/mol. The summed E-state index contributed by atoms with van der Waals surface area (Å²) in [6, 6.07) is 9.19. The Kier molecular flexibility index (Phi) is 5.30. The van der Waals surface area contributed by atoms with Crippen molar-refractivity contribution in [3.05, 3.63) is 47.5 Å². The van der Waals surface area contributed by atoms with Crippen LogP contribution >= 0.6 is 0 Å². The van der Waals surface area contributed by atoms with Crippen LogP contribution in [-0.2, 0) is 13.0 Å². The van der Waals surface area contributed by atoms with Gasteiger partial charge in [0.05, 0.1) is 0 Å². The lowest BCUT2D eigenvalue weighted by Gasteiger charge is -2.18. The first kappa shape index (κ1) is 14.7. The molecule has 2 aromatic rings. The molecule has 1 N–H and O–H groups in total. The van der Waals surface area contributed by atoms with E-state index in [0.717, 1.165) is 31.8 Å². The van der Waals surface area contributed by atoms with E-state index in [9.17, 15) is 0 Å². The summed E-state index contributed by atoms with van der Waals surface area (Å²) in [4.78, 5) is 0. The molecule has 108 valence electrons. The molecule has 0 aliphatic rings. The van der Waals surface area contributed by atoms with Crippen molar-refractivity contribution in [3.8, 4) is 0 Å². The zero-order chi connectivity index (χ0) is 14.4. The lowest BCUT2D eigenvalue weighted by molar-refractivity contribution is 0.487. The van der Waals surface area contributed by atoms with Crippen molar-refractivity contribution >= 4 is 0 Å². The number of hydrogen-bond donors (Lipinski definition) is 1. The van der Waals surface area contributed by atoms with E-state index in [1.807, 2.05) is 6.33 Å². The van der Waals surface area contributed by atoms with Gasteiger partial charge in [-0.2, -0.15) is 0 Å². The summed E-state index contributed by atoms with van der Waals surface area (Å²) < 4.78 is 2.12. The molecule has 4 heteroatoms. The lowest BCUT2D eigenvalue weighted by Crippen LogP contribution is -2.25. The van der Waals surface area contributed by atoms with Gasteiger partial charge in [0.1, 0.15) is 12.2 Å². The highest BCUT2D eigenvalue weighted by atomic mass is 15.3. The van der Waals surface area contributed by atoms with Crippen LogP contribution in [0, 0.1) is 6.92 Å². The second kappa shape index (κ2) is 7.20. The molecule has 0 spiro atoms. The molecule has 0 saturated carbocycles. The molecule has 0 aliphatic carbocycles. The fraction of sp³-hybridized carbons (Fsp3) is 0.500. The molecule has 0 fully saturated rings. The highest BCUT2D eigenvalue weighted by Crippen LogP contribution is 2.16. The van der Waals surface area contributed by atoms with Crippen LogP contribution in [0.3, 0.4) is 0 Å². The molecule has 1 heterocycles. The van der Waals surface area contributed by atoms with Gasteiger partial charge in [-0.25, -0.2) is 0 Å². The van der Waals surface area contributed by atoms with Gasteiger partial charge in [-0.3, -0.25) is 0 Å². The number of rotatable bonds is 7. The monoisotopic (exact) mass is 272 g/mol. The second-order valence-electron chi connectivity index (χ2n) is 5.12. The highest BCUT2D eigenvalue weighted by Gasteiger charge is 2.08. The molecule has 0 bridgehead atoms. The Morgan fingerprint density at radius 1 is 1.20 bits per heavy atom. The maximum absolute atomic E-state index is 4.11. The molecule has 20 heavy (non-hydrogen) atoms. The van der Waals surface area contributed by atoms with Crippen molar-refractivity contribution in [3.63, 3.8) is 0 Å². The Balaban J connectivity index is 1.89. The minimum Gasteiger partial charge on any atom is -0.316 e. The van der Waals surface area contributed by atoms with Crippen LogP contribution in [-0.4, -0.2) is 21.3 Å². The molecule has 1 unspecified atom stereocenters. The van der Waals surface area contributed by atoms with Crippen molar-refractivity contribution in [2.24, 2.45) is 0 Å². The fourth-order valence-corrected chi connectivity index (χ4v) is 2.40. The number of nitrogens with zero attached hydrogens (tertiary/aromatic N) is 3. The highest BCUT2D eigenvalue weighted by molar-refractivity contribution is 5.24. The molecule has 1 aromatic carbocycles. The molecular formula is C16H24N4. The largest absolute Gasteiger partial charge is 0.316 e. The maximum atomic E-state index is 4.11. The zero-order valence-corrected chi connectivity index (χ0v) is 12.6. The summed E-state index contributed by atoms with van der Waals surface area (Å²) >= 11 is 0. The second-order valence-corrected chi connectivity index (χ2v) is 5.12. The van der Waals surface area contributed by atoms with Gasteiger partial charge in [0.25, 0.3) is 0 Å². The van der Waals surface area contributed by atoms with E-state index in [-0.39, 0.29) is 0 Å². The first-order valence-corrected chi connectivity index (χ1v) is 7.41. The zero-order valence-electron chi connectivity index (χ0n) is 12.6. The summed E-state index contributed by atoms with van der Waals surface area (Å²) in [7, 11) is 0. The van der Waals surface area contributed by atoms with E-state index in [2.05, 4.69) is 65.1 Å². The average Bonchev–Trinajstić information content (AvgIpc) is 2.92. The SMILES string of the molecule is CCc1nncn1CCNC(CC)c1ccc(C)cc1. The van der Waals surface area contributed by atoms with Gasteiger partial charge >= 0.3 is 0 Å². The van der Waals surface area contributed by atoms with Crippen molar-refractivity contribution < 1.29 is 0 Å². The third kappa shape index (κ3) is 3.67. The summed E-state index contributed by atoms with van der Waals surface area (Å²) in [6.45, 7) is 8.29. The minimum atomic E-state index is 0.414. The predicted molar refractivity (Wildman–Crippen MR) is 81.6 cm³/mol. The van der Waals surface area contributed by atoms with E-state index in [0.29, 0.717) is 6.04 Å². The molecule has 0 saturated heterocycles. The van der Waals surface area contributed by atoms with E-state index in [4.69, 9.17) is 0 Å². The van der Waals surface area contributed by atoms with Gasteiger partial charge in [0, 0.05) is 25.6 Å². The number of aryl methyl sites for hydroxylation is 2. The van der Waals surface area contributed by atoms with Crippen molar-refractivity contribution in [2.45, 2.75) is 46.2 Å². The van der Waals surface area contributed by atoms with Crippen LogP contribution in [0.5, 0.6) is 0 Å². The Bertz CT molecular complexity index is 516. The minimum absolute atomic E-state index is 0.414. The van der Waals surface area contributed by atoms with Gasteiger partial charge < -0.3 is 9.88 Å². The molecule has 4 nitrogen and oxygen atoms in total. The Morgan fingerprint density at radius 3 is 2.60 bits per heavy atom. The number of aromatic nitrogens is 3. The summed E-state index contributed by atoms with van der Waals surface area (Å²) in [5.74, 6) is 1.05. The first-order chi connectivity index (χ1) is 9.74. The standard InChI is InChI=1S/C16H24N4/c1-4-15(14-8-6-13(3)7-9-14)17-10-11-20-12-18-19-16(20)5-2/h6-9,12,15,17H,4-5,10-11H2,1-3H3. The topological polar surface area (TPSA) is 42.7 Å². The summed E-state index contributed by atoms with van der Waals surface area (Å²) in [6.07, 6.45) is 3.83. The predicted octanol–water partition coefficient (Wildman–Crippen LogP) is 2.89. The van der Waals surface area contributed by atoms with E-state index in [1.165, 1.54) is 11.1 Å². The normalized spacial score (nSPS) is 12.6. The van der Waals surface area contributed by atoms with Crippen LogP contribution in [0.15, 0.2) is 30.6 Å². The average molecular weight is 272 g/mol. The Labute approximate surface area is 121 Å². The van der Waals surface area contributed by atoms with E-state index in [1.54, 1.807) is 0 Å². The summed E-state index contributed by atoms with van der Waals surface area (Å²) in [5.41, 5.74) is 2.67. The molecule has 0 radical (unpaired) electrons. The van der Waals surface area contributed by atoms with Crippen molar-refractivity contribution in [1.82, 2.24) is 20.1 Å². The third-order valence-electron chi connectivity index (χ3n) is 3.64. The molecule has 1 aromatic heterocycles. The molecule has 1 atom stereocenters. The third-order valence-corrected chi connectivity index (χ3v) is 3.64. The first-order valence-electron chi connectivity index (χ1n) is 7.41. The van der Waals surface area contributed by atoms with Gasteiger partial charge in [0.15, 0.2) is 0 Å². The Hall–Kier alpha value is -1.68. The maximum Gasteiger partial charge on any atom is 0.132 e. The molecule has 0 amide bonds. The molecule has 0 aliphatic heterocycles. The van der Waals surface area contributed by atoms with Crippen LogP contribution in [0.25, 0.3) is 0 Å². The quantitative estimate of drug-likeness (QED) is 0.842. The van der Waals surface area contributed by atoms with Crippen LogP contribution < -0.4 is 5.32 Å². The van der Waals surface area contributed by atoms with Crippen LogP contribution in [0.1, 0.15) is 43.3 Å². The van der Waals surface area contributed by atoms with Crippen molar-refractivity contribution in [1.29, 1.82) is 0 Å². The van der Waals surface area contributed by atoms with Gasteiger partial charge in [0.2, 0.25) is 0 Å².